The first-order valence-electron chi connectivity index (χ1n) is 6.35. The van der Waals surface area contributed by atoms with Crippen LogP contribution in [0, 0.1) is 5.41 Å². The Bertz CT molecular complexity index is 181. The number of likely N-dealkylation sites (tertiary alicyclic amines) is 1. The van der Waals surface area contributed by atoms with Gasteiger partial charge in [0.05, 0.1) is 5.60 Å². The van der Waals surface area contributed by atoms with Gasteiger partial charge in [0.25, 0.3) is 0 Å². The number of rotatable bonds is 4. The number of hydrogen-bond acceptors (Lipinski definition) is 2. The number of β-amino-alcohol motifs (C(OH)–C–C–N with tert-alkyl or cyclic N) is 1. The van der Waals surface area contributed by atoms with Gasteiger partial charge < -0.3 is 10.0 Å². The van der Waals surface area contributed by atoms with Crippen molar-refractivity contribution in [3.63, 3.8) is 0 Å². The van der Waals surface area contributed by atoms with Gasteiger partial charge in [0.2, 0.25) is 0 Å². The normalized spacial score (nSPS) is 23.0. The zero-order valence-corrected chi connectivity index (χ0v) is 10.8. The molecule has 0 aliphatic carbocycles. The molecule has 1 aliphatic heterocycles. The first-order chi connectivity index (χ1) is 6.91. The average molecular weight is 213 g/mol. The lowest BCUT2D eigenvalue weighted by atomic mass is 9.74. The highest BCUT2D eigenvalue weighted by atomic mass is 16.3. The highest BCUT2D eigenvalue weighted by Gasteiger charge is 2.32. The molecule has 90 valence electrons. The lowest BCUT2D eigenvalue weighted by Gasteiger charge is -2.42. The SMILES string of the molecule is CCC1(CC)CCN(CC(C)(C)O)CC1. The van der Waals surface area contributed by atoms with Crippen LogP contribution in [0.3, 0.4) is 0 Å². The number of aliphatic hydroxyl groups is 1. The van der Waals surface area contributed by atoms with Crippen LogP contribution < -0.4 is 0 Å². The number of nitrogens with zero attached hydrogens (tertiary/aromatic N) is 1. The standard InChI is InChI=1S/C13H27NO/c1-5-13(6-2)7-9-14(10-8-13)11-12(3,4)15/h15H,5-11H2,1-4H3. The summed E-state index contributed by atoms with van der Waals surface area (Å²) in [5.74, 6) is 0. The van der Waals surface area contributed by atoms with E-state index in [1.54, 1.807) is 0 Å². The Balaban J connectivity index is 2.42. The maximum absolute atomic E-state index is 9.77. The molecule has 0 aromatic carbocycles. The van der Waals surface area contributed by atoms with E-state index in [9.17, 15) is 5.11 Å². The molecular formula is C13H27NO. The third-order valence-electron chi connectivity index (χ3n) is 4.03. The van der Waals surface area contributed by atoms with Crippen LogP contribution in [0.4, 0.5) is 0 Å². The van der Waals surface area contributed by atoms with Crippen LogP contribution >= 0.6 is 0 Å². The molecule has 0 aromatic heterocycles. The molecule has 0 unspecified atom stereocenters. The molecule has 0 aromatic rings. The largest absolute Gasteiger partial charge is 0.389 e. The van der Waals surface area contributed by atoms with E-state index in [0.29, 0.717) is 5.41 Å². The summed E-state index contributed by atoms with van der Waals surface area (Å²) in [5.41, 5.74) is 0.0501. The average Bonchev–Trinajstić information content (AvgIpc) is 2.17. The summed E-state index contributed by atoms with van der Waals surface area (Å²) in [6.07, 6.45) is 5.21. The van der Waals surface area contributed by atoms with Crippen LogP contribution in [0.15, 0.2) is 0 Å². The molecule has 1 rings (SSSR count). The number of piperidine rings is 1. The predicted octanol–water partition coefficient (Wildman–Crippen LogP) is 2.66. The molecule has 0 bridgehead atoms. The lowest BCUT2D eigenvalue weighted by Crippen LogP contribution is -2.45. The highest BCUT2D eigenvalue weighted by molar-refractivity contribution is 4.85. The van der Waals surface area contributed by atoms with Crippen molar-refractivity contribution in [3.05, 3.63) is 0 Å². The lowest BCUT2D eigenvalue weighted by molar-refractivity contribution is 0.00819. The molecule has 1 N–H and O–H groups in total. The molecule has 15 heavy (non-hydrogen) atoms. The molecule has 2 heteroatoms. The van der Waals surface area contributed by atoms with Gasteiger partial charge in [-0.15, -0.1) is 0 Å². The summed E-state index contributed by atoms with van der Waals surface area (Å²) in [5, 5.41) is 9.77. The summed E-state index contributed by atoms with van der Waals surface area (Å²) in [7, 11) is 0. The summed E-state index contributed by atoms with van der Waals surface area (Å²) in [4.78, 5) is 2.41. The molecule has 0 amide bonds. The highest BCUT2D eigenvalue weighted by Crippen LogP contribution is 2.37. The van der Waals surface area contributed by atoms with E-state index in [2.05, 4.69) is 18.7 Å². The van der Waals surface area contributed by atoms with E-state index < -0.39 is 5.60 Å². The fourth-order valence-corrected chi connectivity index (χ4v) is 2.69. The van der Waals surface area contributed by atoms with Crippen LogP contribution in [0.5, 0.6) is 0 Å². The Labute approximate surface area is 94.7 Å². The molecule has 1 saturated heterocycles. The van der Waals surface area contributed by atoms with Gasteiger partial charge in [0, 0.05) is 6.54 Å². The Hall–Kier alpha value is -0.0800. The van der Waals surface area contributed by atoms with Crippen molar-refractivity contribution in [1.29, 1.82) is 0 Å². The van der Waals surface area contributed by atoms with Crippen LogP contribution in [0.1, 0.15) is 53.4 Å². The molecule has 0 spiro atoms. The van der Waals surface area contributed by atoms with Crippen molar-refractivity contribution in [2.45, 2.75) is 59.0 Å². The molecule has 2 nitrogen and oxygen atoms in total. The molecule has 0 atom stereocenters. The second-order valence-electron chi connectivity index (χ2n) is 5.80. The van der Waals surface area contributed by atoms with Gasteiger partial charge in [-0.1, -0.05) is 26.7 Å². The summed E-state index contributed by atoms with van der Waals surface area (Å²) < 4.78 is 0. The van der Waals surface area contributed by atoms with E-state index in [4.69, 9.17) is 0 Å². The van der Waals surface area contributed by atoms with E-state index in [-0.39, 0.29) is 0 Å². The van der Waals surface area contributed by atoms with Crippen LogP contribution in [-0.2, 0) is 0 Å². The molecule has 1 aliphatic rings. The smallest absolute Gasteiger partial charge is 0.0718 e. The fourth-order valence-electron chi connectivity index (χ4n) is 2.69. The Morgan fingerprint density at radius 1 is 1.13 bits per heavy atom. The monoisotopic (exact) mass is 213 g/mol. The number of hydrogen-bond donors (Lipinski definition) is 1. The van der Waals surface area contributed by atoms with E-state index in [0.717, 1.165) is 19.6 Å². The second-order valence-corrected chi connectivity index (χ2v) is 5.80. The summed E-state index contributed by atoms with van der Waals surface area (Å²) in [6.45, 7) is 11.6. The van der Waals surface area contributed by atoms with Gasteiger partial charge in [-0.2, -0.15) is 0 Å². The minimum absolute atomic E-state index is 0.543. The Morgan fingerprint density at radius 2 is 1.60 bits per heavy atom. The van der Waals surface area contributed by atoms with Crippen molar-refractivity contribution in [1.82, 2.24) is 4.90 Å². The van der Waals surface area contributed by atoms with Crippen LogP contribution in [0.2, 0.25) is 0 Å². The zero-order valence-electron chi connectivity index (χ0n) is 10.8. The topological polar surface area (TPSA) is 23.5 Å². The van der Waals surface area contributed by atoms with Gasteiger partial charge in [-0.3, -0.25) is 0 Å². The van der Waals surface area contributed by atoms with Crippen molar-refractivity contribution < 1.29 is 5.11 Å². The first-order valence-corrected chi connectivity index (χ1v) is 6.35. The third-order valence-corrected chi connectivity index (χ3v) is 4.03. The second kappa shape index (κ2) is 4.84. The van der Waals surface area contributed by atoms with Gasteiger partial charge in [0.1, 0.15) is 0 Å². The maximum atomic E-state index is 9.77. The van der Waals surface area contributed by atoms with E-state index in [1.807, 2.05) is 13.8 Å². The summed E-state index contributed by atoms with van der Waals surface area (Å²) >= 11 is 0. The molecule has 0 saturated carbocycles. The van der Waals surface area contributed by atoms with Gasteiger partial charge in [0.15, 0.2) is 0 Å². The Kier molecular flexibility index (Phi) is 4.19. The van der Waals surface area contributed by atoms with Gasteiger partial charge >= 0.3 is 0 Å². The Morgan fingerprint density at radius 3 is 1.93 bits per heavy atom. The molecule has 1 heterocycles. The van der Waals surface area contributed by atoms with Crippen molar-refractivity contribution in [2.24, 2.45) is 5.41 Å². The predicted molar refractivity (Wildman–Crippen MR) is 65.0 cm³/mol. The minimum atomic E-state index is -0.543. The van der Waals surface area contributed by atoms with Crippen molar-refractivity contribution >= 4 is 0 Å². The van der Waals surface area contributed by atoms with Crippen LogP contribution in [0.25, 0.3) is 0 Å². The van der Waals surface area contributed by atoms with Gasteiger partial charge in [-0.25, -0.2) is 0 Å². The van der Waals surface area contributed by atoms with Crippen molar-refractivity contribution in [3.8, 4) is 0 Å². The third kappa shape index (κ3) is 3.76. The summed E-state index contributed by atoms with van der Waals surface area (Å²) in [6, 6.07) is 0. The first kappa shape index (κ1) is 13.0. The molecular weight excluding hydrogens is 186 g/mol. The molecule has 1 fully saturated rings. The van der Waals surface area contributed by atoms with Gasteiger partial charge in [-0.05, 0) is 45.2 Å². The molecule has 0 radical (unpaired) electrons. The van der Waals surface area contributed by atoms with Crippen LogP contribution in [-0.4, -0.2) is 35.2 Å². The van der Waals surface area contributed by atoms with Crippen molar-refractivity contribution in [2.75, 3.05) is 19.6 Å². The van der Waals surface area contributed by atoms with E-state index in [1.165, 1.54) is 25.7 Å². The quantitative estimate of drug-likeness (QED) is 0.776. The zero-order chi connectivity index (χ0) is 11.5. The fraction of sp³-hybridized carbons (Fsp3) is 1.00. The minimum Gasteiger partial charge on any atom is -0.389 e. The van der Waals surface area contributed by atoms with E-state index >= 15 is 0 Å². The maximum Gasteiger partial charge on any atom is 0.0718 e.